The van der Waals surface area contributed by atoms with Gasteiger partial charge in [0.15, 0.2) is 6.29 Å². The summed E-state index contributed by atoms with van der Waals surface area (Å²) in [5.41, 5.74) is 7.83. The number of allylic oxidation sites excluding steroid dienone is 2. The Hall–Kier alpha value is -5.06. The molecular weight excluding hydrogens is 490 g/mol. The zero-order chi connectivity index (χ0) is 26.2. The summed E-state index contributed by atoms with van der Waals surface area (Å²) in [7, 11) is 0. The Morgan fingerprint density at radius 3 is 2.25 bits per heavy atom. The first-order chi connectivity index (χ1) is 19.9. The normalized spacial score (nSPS) is 18.8. The molecule has 1 aliphatic heterocycles. The van der Waals surface area contributed by atoms with Gasteiger partial charge in [-0.15, -0.1) is 0 Å². The summed E-state index contributed by atoms with van der Waals surface area (Å²) < 4.78 is 9.02. The minimum absolute atomic E-state index is 0.0902. The molecule has 0 spiro atoms. The lowest BCUT2D eigenvalue weighted by Crippen LogP contribution is -2.48. The largest absolute Gasteiger partial charge is 0.455 e. The highest BCUT2D eigenvalue weighted by atomic mass is 16.3. The molecule has 2 aliphatic rings. The number of rotatable bonds is 2. The third-order valence-corrected chi connectivity index (χ3v) is 8.44. The van der Waals surface area contributed by atoms with E-state index in [-0.39, 0.29) is 12.3 Å². The second-order valence-electron chi connectivity index (χ2n) is 10.6. The maximum atomic E-state index is 6.56. The zero-order valence-electron chi connectivity index (χ0n) is 21.6. The summed E-state index contributed by atoms with van der Waals surface area (Å²) in [5.74, 6) is 0. The van der Waals surface area contributed by atoms with Crippen LogP contribution in [0.15, 0.2) is 137 Å². The second kappa shape index (κ2) is 8.22. The van der Waals surface area contributed by atoms with Crippen molar-refractivity contribution in [2.24, 2.45) is 0 Å². The first kappa shape index (κ1) is 21.8. The van der Waals surface area contributed by atoms with Crippen LogP contribution >= 0.6 is 0 Å². The molecule has 0 amide bonds. The first-order valence-corrected chi connectivity index (χ1v) is 13.8. The molecule has 4 nitrogen and oxygen atoms in total. The molecule has 40 heavy (non-hydrogen) atoms. The second-order valence-corrected chi connectivity index (χ2v) is 10.6. The van der Waals surface area contributed by atoms with Crippen LogP contribution in [0.5, 0.6) is 0 Å². The van der Waals surface area contributed by atoms with E-state index in [1.165, 1.54) is 43.7 Å². The molecule has 1 aliphatic carbocycles. The Bertz CT molecular complexity index is 2230. The monoisotopic (exact) mass is 515 g/mol. The summed E-state index contributed by atoms with van der Waals surface area (Å²) in [6, 6.07) is 36.5. The molecule has 9 rings (SSSR count). The molecule has 0 bridgehead atoms. The molecule has 0 saturated heterocycles. The van der Waals surface area contributed by atoms with Gasteiger partial charge in [0.25, 0.3) is 0 Å². The van der Waals surface area contributed by atoms with Gasteiger partial charge >= 0.3 is 0 Å². The van der Waals surface area contributed by atoms with Gasteiger partial charge in [0, 0.05) is 38.0 Å². The van der Waals surface area contributed by atoms with E-state index in [9.17, 15) is 0 Å². The average Bonchev–Trinajstić information content (AvgIpc) is 3.58. The highest BCUT2D eigenvalue weighted by Gasteiger charge is 2.31. The average molecular weight is 516 g/mol. The maximum absolute atomic E-state index is 6.56. The van der Waals surface area contributed by atoms with Gasteiger partial charge < -0.3 is 14.3 Å². The Morgan fingerprint density at radius 1 is 0.650 bits per heavy atom. The van der Waals surface area contributed by atoms with Crippen molar-refractivity contribution in [3.05, 3.63) is 139 Å². The molecule has 0 saturated carbocycles. The molecule has 2 N–H and O–H groups in total. The Kier molecular flexibility index (Phi) is 4.48. The lowest BCUT2D eigenvalue weighted by Gasteiger charge is -2.37. The van der Waals surface area contributed by atoms with Crippen molar-refractivity contribution < 1.29 is 4.42 Å². The van der Waals surface area contributed by atoms with Crippen LogP contribution in [0.4, 0.5) is 0 Å². The van der Waals surface area contributed by atoms with Gasteiger partial charge in [-0.05, 0) is 23.3 Å². The van der Waals surface area contributed by atoms with E-state index in [0.29, 0.717) is 0 Å². The maximum Gasteiger partial charge on any atom is 0.160 e. The first-order valence-electron chi connectivity index (χ1n) is 13.8. The topological polar surface area (TPSA) is 42.1 Å². The van der Waals surface area contributed by atoms with Gasteiger partial charge in [0.05, 0.1) is 17.1 Å². The number of nitrogens with one attached hydrogen (secondary N) is 2. The van der Waals surface area contributed by atoms with Gasteiger partial charge in [-0.2, -0.15) is 0 Å². The van der Waals surface area contributed by atoms with Crippen molar-refractivity contribution in [3.63, 3.8) is 0 Å². The fourth-order valence-electron chi connectivity index (χ4n) is 6.77. The summed E-state index contributed by atoms with van der Waals surface area (Å²) in [4.78, 5) is 0. The van der Waals surface area contributed by atoms with Crippen molar-refractivity contribution in [3.8, 4) is 0 Å². The van der Waals surface area contributed by atoms with Gasteiger partial charge in [-0.25, -0.2) is 0 Å². The summed E-state index contributed by atoms with van der Waals surface area (Å²) >= 11 is 0. The van der Waals surface area contributed by atoms with E-state index in [0.717, 1.165) is 27.6 Å². The minimum Gasteiger partial charge on any atom is -0.455 e. The molecule has 2 unspecified atom stereocenters. The number of benzene rings is 5. The molecule has 7 aromatic rings. The predicted octanol–water partition coefficient (Wildman–Crippen LogP) is 8.40. The Balaban J connectivity index is 1.42. The summed E-state index contributed by atoms with van der Waals surface area (Å²) in [6.45, 7) is 0. The molecule has 2 atom stereocenters. The lowest BCUT2D eigenvalue weighted by atomic mass is 9.94. The van der Waals surface area contributed by atoms with Crippen LogP contribution < -0.4 is 10.6 Å². The smallest absolute Gasteiger partial charge is 0.160 e. The fraction of sp³-hybridized carbons (Fsp3) is 0.0556. The van der Waals surface area contributed by atoms with Crippen molar-refractivity contribution in [2.75, 3.05) is 0 Å². The Labute approximate surface area is 230 Å². The lowest BCUT2D eigenvalue weighted by molar-refractivity contribution is 0.363. The third kappa shape index (κ3) is 2.94. The standard InChI is InChI=1S/C36H25N3O/c1-2-12-22(13-3-1)33-25-16-6-9-19-28(25)37-36(38-33)39-29-20-10-7-17-26(29)31-32-27-18-8-11-21-30(27)40-35(32)24-15-5-4-14-23(24)34(31)39/h1-21,28,36-38H. The number of aromatic nitrogens is 1. The zero-order valence-corrected chi connectivity index (χ0v) is 21.6. The molecule has 5 aromatic carbocycles. The number of para-hydroxylation sites is 2. The minimum atomic E-state index is -0.179. The summed E-state index contributed by atoms with van der Waals surface area (Å²) in [5, 5.41) is 14.9. The highest BCUT2D eigenvalue weighted by molar-refractivity contribution is 6.35. The van der Waals surface area contributed by atoms with Crippen LogP contribution in [0.25, 0.3) is 60.2 Å². The van der Waals surface area contributed by atoms with E-state index in [4.69, 9.17) is 4.42 Å². The Morgan fingerprint density at radius 2 is 1.38 bits per heavy atom. The summed E-state index contributed by atoms with van der Waals surface area (Å²) in [6.07, 6.45) is 8.54. The molecule has 190 valence electrons. The third-order valence-electron chi connectivity index (χ3n) is 8.44. The van der Waals surface area contributed by atoms with Crippen LogP contribution in [0.1, 0.15) is 11.9 Å². The van der Waals surface area contributed by atoms with Crippen molar-refractivity contribution in [1.82, 2.24) is 15.2 Å². The molecule has 2 aromatic heterocycles. The van der Waals surface area contributed by atoms with Crippen LogP contribution in [-0.4, -0.2) is 10.6 Å². The van der Waals surface area contributed by atoms with E-state index in [1.807, 2.05) is 6.07 Å². The number of furan rings is 1. The SMILES string of the molecule is C1=CC2=C(c3ccccc3)NC(n3c4ccccc4c4c5c6ccccc6oc5c5ccccc5c43)NC2C=C1. The molecule has 4 heteroatoms. The van der Waals surface area contributed by atoms with Crippen molar-refractivity contribution in [2.45, 2.75) is 12.3 Å². The van der Waals surface area contributed by atoms with Gasteiger partial charge in [-0.3, -0.25) is 5.32 Å². The number of fused-ring (bicyclic) bond motifs is 11. The number of hydrogen-bond donors (Lipinski definition) is 2. The molecule has 0 radical (unpaired) electrons. The highest BCUT2D eigenvalue weighted by Crippen LogP contribution is 2.46. The quantitative estimate of drug-likeness (QED) is 0.243. The van der Waals surface area contributed by atoms with E-state index >= 15 is 0 Å². The molecule has 0 fully saturated rings. The molecule has 3 heterocycles. The van der Waals surface area contributed by atoms with E-state index in [1.54, 1.807) is 0 Å². The van der Waals surface area contributed by atoms with E-state index < -0.39 is 0 Å². The fourth-order valence-corrected chi connectivity index (χ4v) is 6.77. The van der Waals surface area contributed by atoms with Gasteiger partial charge in [-0.1, -0.05) is 115 Å². The van der Waals surface area contributed by atoms with Crippen LogP contribution in [0.3, 0.4) is 0 Å². The van der Waals surface area contributed by atoms with Crippen LogP contribution in [0.2, 0.25) is 0 Å². The van der Waals surface area contributed by atoms with Gasteiger partial charge in [0.2, 0.25) is 0 Å². The number of nitrogens with zero attached hydrogens (tertiary/aromatic N) is 1. The van der Waals surface area contributed by atoms with Crippen LogP contribution in [-0.2, 0) is 0 Å². The van der Waals surface area contributed by atoms with Crippen molar-refractivity contribution >= 4 is 60.2 Å². The predicted molar refractivity (Wildman–Crippen MR) is 165 cm³/mol. The van der Waals surface area contributed by atoms with Crippen LogP contribution in [0, 0.1) is 0 Å². The number of hydrogen-bond acceptors (Lipinski definition) is 3. The van der Waals surface area contributed by atoms with Gasteiger partial charge in [0.1, 0.15) is 11.2 Å². The van der Waals surface area contributed by atoms with E-state index in [2.05, 4.69) is 137 Å². The molecular formula is C36H25N3O. The van der Waals surface area contributed by atoms with Crippen molar-refractivity contribution in [1.29, 1.82) is 0 Å².